The van der Waals surface area contributed by atoms with Crippen molar-refractivity contribution < 1.29 is 0 Å². The van der Waals surface area contributed by atoms with E-state index in [9.17, 15) is 0 Å². The molecule has 0 unspecified atom stereocenters. The van der Waals surface area contributed by atoms with Gasteiger partial charge in [0.05, 0.1) is 0 Å². The number of aliphatic imine (C=N–C) groups is 1. The number of anilines is 1. The van der Waals surface area contributed by atoms with Crippen molar-refractivity contribution >= 4 is 35.6 Å². The van der Waals surface area contributed by atoms with Gasteiger partial charge in [-0.3, -0.25) is 4.99 Å². The Morgan fingerprint density at radius 1 is 1.32 bits per heavy atom. The Hall–Kier alpha value is -0.780. The van der Waals surface area contributed by atoms with Crippen molar-refractivity contribution in [3.63, 3.8) is 0 Å². The molecule has 3 nitrogen and oxygen atoms in total. The molecule has 22 heavy (non-hydrogen) atoms. The molecular weight excluding hydrogens is 385 g/mol. The minimum absolute atomic E-state index is 0. The van der Waals surface area contributed by atoms with Gasteiger partial charge in [0.25, 0.3) is 0 Å². The molecule has 0 aromatic heterocycles. The lowest BCUT2D eigenvalue weighted by Gasteiger charge is -2.43. The van der Waals surface area contributed by atoms with Gasteiger partial charge in [-0.2, -0.15) is 0 Å². The first-order valence-corrected chi connectivity index (χ1v) is 8.38. The van der Waals surface area contributed by atoms with Gasteiger partial charge in [0, 0.05) is 25.8 Å². The average molecular weight is 411 g/mol. The number of guanidine groups is 1. The van der Waals surface area contributed by atoms with Crippen LogP contribution in [0.2, 0.25) is 0 Å². The van der Waals surface area contributed by atoms with Crippen molar-refractivity contribution in [2.75, 3.05) is 25.0 Å². The number of fused-ring (bicyclic) bond motifs is 1. The van der Waals surface area contributed by atoms with Gasteiger partial charge < -0.3 is 10.2 Å². The van der Waals surface area contributed by atoms with Crippen molar-refractivity contribution in [1.29, 1.82) is 0 Å². The topological polar surface area (TPSA) is 27.6 Å². The molecule has 2 fully saturated rings. The second kappa shape index (κ2) is 6.38. The van der Waals surface area contributed by atoms with Crippen LogP contribution in [-0.4, -0.2) is 26.1 Å². The largest absolute Gasteiger partial charge is 0.355 e. The number of hydrogen-bond acceptors (Lipinski definition) is 1. The Kier molecular flexibility index (Phi) is 4.67. The smallest absolute Gasteiger partial charge is 0.198 e. The number of nitrogens with one attached hydrogen (secondary N) is 1. The second-order valence-electron chi connectivity index (χ2n) is 6.92. The summed E-state index contributed by atoms with van der Waals surface area (Å²) in [6.45, 7) is 2.17. The standard InChI is InChI=1S/C18H25N3.HI/c1-19-17(20-13-18(10-4-11-18)15-7-8-15)21-12-9-14-5-2-3-6-16(14)21;/h2-3,5-6,15H,4,7-13H2,1H3,(H,19,20);1H. The fourth-order valence-corrected chi connectivity index (χ4v) is 4.16. The van der Waals surface area contributed by atoms with Gasteiger partial charge >= 0.3 is 0 Å². The van der Waals surface area contributed by atoms with Crippen LogP contribution in [0.15, 0.2) is 29.3 Å². The second-order valence-corrected chi connectivity index (χ2v) is 6.92. The third-order valence-corrected chi connectivity index (χ3v) is 5.75. The van der Waals surface area contributed by atoms with E-state index in [4.69, 9.17) is 0 Å². The SMILES string of the molecule is CN=C(NCC1(C2CC2)CCC1)N1CCc2ccccc21.I. The molecule has 1 heterocycles. The van der Waals surface area contributed by atoms with E-state index in [2.05, 4.69) is 39.5 Å². The van der Waals surface area contributed by atoms with Gasteiger partial charge in [-0.05, 0) is 55.1 Å². The first-order valence-electron chi connectivity index (χ1n) is 8.38. The van der Waals surface area contributed by atoms with Crippen LogP contribution >= 0.6 is 24.0 Å². The van der Waals surface area contributed by atoms with E-state index >= 15 is 0 Å². The van der Waals surface area contributed by atoms with Gasteiger partial charge in [-0.15, -0.1) is 24.0 Å². The lowest BCUT2D eigenvalue weighted by molar-refractivity contribution is 0.106. The van der Waals surface area contributed by atoms with E-state index in [0.29, 0.717) is 5.41 Å². The number of rotatable bonds is 3. The zero-order chi connectivity index (χ0) is 14.3. The monoisotopic (exact) mass is 411 g/mol. The highest BCUT2D eigenvalue weighted by Crippen LogP contribution is 2.56. The molecule has 1 aromatic rings. The number of benzene rings is 1. The van der Waals surface area contributed by atoms with Crippen LogP contribution in [0.1, 0.15) is 37.7 Å². The van der Waals surface area contributed by atoms with Crippen molar-refractivity contribution in [1.82, 2.24) is 5.32 Å². The average Bonchev–Trinajstić information content (AvgIpc) is 3.23. The lowest BCUT2D eigenvalue weighted by atomic mass is 9.65. The zero-order valence-corrected chi connectivity index (χ0v) is 15.7. The van der Waals surface area contributed by atoms with Gasteiger partial charge in [0.2, 0.25) is 0 Å². The van der Waals surface area contributed by atoms with E-state index in [0.717, 1.165) is 31.4 Å². The predicted molar refractivity (Wildman–Crippen MR) is 103 cm³/mol. The zero-order valence-electron chi connectivity index (χ0n) is 13.3. The molecule has 1 N–H and O–H groups in total. The van der Waals surface area contributed by atoms with Crippen LogP contribution in [0.5, 0.6) is 0 Å². The normalized spacial score (nSPS) is 22.6. The van der Waals surface area contributed by atoms with Gasteiger partial charge in [0.15, 0.2) is 5.96 Å². The first-order chi connectivity index (χ1) is 10.3. The highest BCUT2D eigenvalue weighted by atomic mass is 127. The number of para-hydroxylation sites is 1. The maximum Gasteiger partial charge on any atom is 0.198 e. The Balaban J connectivity index is 0.00000144. The summed E-state index contributed by atoms with van der Waals surface area (Å²) in [7, 11) is 1.91. The molecule has 2 aliphatic carbocycles. The molecule has 0 radical (unpaired) electrons. The van der Waals surface area contributed by atoms with Crippen molar-refractivity contribution in [2.45, 2.75) is 38.5 Å². The summed E-state index contributed by atoms with van der Waals surface area (Å²) in [5, 5.41) is 3.69. The maximum atomic E-state index is 4.54. The molecule has 120 valence electrons. The van der Waals surface area contributed by atoms with Crippen LogP contribution in [0.3, 0.4) is 0 Å². The third-order valence-electron chi connectivity index (χ3n) is 5.75. The summed E-state index contributed by atoms with van der Waals surface area (Å²) in [5.74, 6) is 2.05. The van der Waals surface area contributed by atoms with Gasteiger partial charge in [0.1, 0.15) is 0 Å². The molecule has 4 rings (SSSR count). The molecule has 3 aliphatic rings. The number of halogens is 1. The van der Waals surface area contributed by atoms with E-state index < -0.39 is 0 Å². The molecule has 2 saturated carbocycles. The van der Waals surface area contributed by atoms with Gasteiger partial charge in [-0.25, -0.2) is 0 Å². The summed E-state index contributed by atoms with van der Waals surface area (Å²) in [6.07, 6.45) is 8.28. The summed E-state index contributed by atoms with van der Waals surface area (Å²) in [6, 6.07) is 8.71. The molecule has 0 spiro atoms. The summed E-state index contributed by atoms with van der Waals surface area (Å²) in [4.78, 5) is 6.90. The van der Waals surface area contributed by atoms with Crippen molar-refractivity contribution in [3.05, 3.63) is 29.8 Å². The van der Waals surface area contributed by atoms with Crippen LogP contribution in [-0.2, 0) is 6.42 Å². The Morgan fingerprint density at radius 3 is 2.73 bits per heavy atom. The third kappa shape index (κ3) is 2.74. The molecule has 0 saturated heterocycles. The summed E-state index contributed by atoms with van der Waals surface area (Å²) >= 11 is 0. The maximum absolute atomic E-state index is 4.54. The number of nitrogens with zero attached hydrogens (tertiary/aromatic N) is 2. The quantitative estimate of drug-likeness (QED) is 0.465. The van der Waals surface area contributed by atoms with Crippen LogP contribution < -0.4 is 10.2 Å². The van der Waals surface area contributed by atoms with Gasteiger partial charge in [-0.1, -0.05) is 24.6 Å². The highest BCUT2D eigenvalue weighted by molar-refractivity contribution is 14.0. The lowest BCUT2D eigenvalue weighted by Crippen LogP contribution is -2.48. The molecule has 1 aromatic carbocycles. The summed E-state index contributed by atoms with van der Waals surface area (Å²) < 4.78 is 0. The molecule has 0 bridgehead atoms. The number of hydrogen-bond donors (Lipinski definition) is 1. The first kappa shape index (κ1) is 16.1. The van der Waals surface area contributed by atoms with E-state index in [1.807, 2.05) is 7.05 Å². The van der Waals surface area contributed by atoms with E-state index in [1.165, 1.54) is 43.4 Å². The van der Waals surface area contributed by atoms with Crippen molar-refractivity contribution in [2.24, 2.45) is 16.3 Å². The minimum Gasteiger partial charge on any atom is -0.355 e. The van der Waals surface area contributed by atoms with E-state index in [-0.39, 0.29) is 24.0 Å². The summed E-state index contributed by atoms with van der Waals surface area (Å²) in [5.41, 5.74) is 3.37. The molecule has 0 amide bonds. The van der Waals surface area contributed by atoms with Crippen LogP contribution in [0.25, 0.3) is 0 Å². The Labute approximate surface area is 150 Å². The van der Waals surface area contributed by atoms with Crippen LogP contribution in [0.4, 0.5) is 5.69 Å². The Morgan fingerprint density at radius 2 is 2.09 bits per heavy atom. The van der Waals surface area contributed by atoms with Crippen LogP contribution in [0, 0.1) is 11.3 Å². The Bertz CT molecular complexity index is 561. The molecule has 1 aliphatic heterocycles. The predicted octanol–water partition coefficient (Wildman–Crippen LogP) is 3.82. The fraction of sp³-hybridized carbons (Fsp3) is 0.611. The highest BCUT2D eigenvalue weighted by Gasteiger charge is 2.48. The molecular formula is C18H26IN3. The molecule has 4 heteroatoms. The fourth-order valence-electron chi connectivity index (χ4n) is 4.16. The molecule has 0 atom stereocenters. The van der Waals surface area contributed by atoms with Crippen molar-refractivity contribution in [3.8, 4) is 0 Å². The minimum atomic E-state index is 0. The van der Waals surface area contributed by atoms with E-state index in [1.54, 1.807) is 0 Å².